The van der Waals surface area contributed by atoms with Gasteiger partial charge in [-0.15, -0.1) is 0 Å². The molecule has 0 aliphatic carbocycles. The first-order valence-electron chi connectivity index (χ1n) is 4.71. The molecule has 0 aromatic carbocycles. The van der Waals surface area contributed by atoms with Gasteiger partial charge in [0.2, 0.25) is 0 Å². The lowest BCUT2D eigenvalue weighted by Crippen LogP contribution is -1.99. The van der Waals surface area contributed by atoms with Crippen molar-refractivity contribution < 1.29 is 4.74 Å². The molecular formula is C9H13N5OS. The fourth-order valence-electron chi connectivity index (χ4n) is 1.35. The number of rotatable bonds is 4. The maximum Gasteiger partial charge on any atom is 0.197 e. The molecule has 7 heteroatoms. The highest BCUT2D eigenvalue weighted by atomic mass is 32.1. The van der Waals surface area contributed by atoms with Crippen LogP contribution in [0.4, 0.5) is 10.8 Å². The molecule has 0 saturated heterocycles. The molecule has 0 radical (unpaired) electrons. The first-order chi connectivity index (χ1) is 7.70. The Hall–Kier alpha value is -1.76. The molecule has 0 fully saturated rings. The van der Waals surface area contributed by atoms with Gasteiger partial charge in [0.1, 0.15) is 0 Å². The van der Waals surface area contributed by atoms with E-state index in [1.165, 1.54) is 11.5 Å². The van der Waals surface area contributed by atoms with E-state index >= 15 is 0 Å². The number of nitrogens with one attached hydrogen (secondary N) is 1. The largest absolute Gasteiger partial charge is 0.490 e. The lowest BCUT2D eigenvalue weighted by Gasteiger charge is -2.04. The summed E-state index contributed by atoms with van der Waals surface area (Å²) in [6.45, 7) is 0.672. The van der Waals surface area contributed by atoms with Crippen molar-refractivity contribution in [3.8, 4) is 5.75 Å². The van der Waals surface area contributed by atoms with Crippen LogP contribution in [0.3, 0.4) is 0 Å². The van der Waals surface area contributed by atoms with Crippen LogP contribution < -0.4 is 15.8 Å². The summed E-state index contributed by atoms with van der Waals surface area (Å²) in [5, 5.41) is 8.13. The number of anilines is 2. The molecule has 3 N–H and O–H groups in total. The topological polar surface area (TPSA) is 78.0 Å². The van der Waals surface area contributed by atoms with Gasteiger partial charge >= 0.3 is 0 Å². The highest BCUT2D eigenvalue weighted by molar-refractivity contribution is 7.11. The van der Waals surface area contributed by atoms with Crippen molar-refractivity contribution in [2.45, 2.75) is 6.54 Å². The number of aromatic nitrogens is 3. The molecule has 0 unspecified atom stereocenters. The van der Waals surface area contributed by atoms with E-state index in [9.17, 15) is 0 Å². The zero-order valence-corrected chi connectivity index (χ0v) is 9.91. The van der Waals surface area contributed by atoms with E-state index in [2.05, 4.69) is 14.8 Å². The number of nitrogens with two attached hydrogens (primary N) is 1. The van der Waals surface area contributed by atoms with Gasteiger partial charge in [-0.3, -0.25) is 4.68 Å². The third-order valence-corrected chi connectivity index (χ3v) is 2.89. The van der Waals surface area contributed by atoms with Crippen LogP contribution in [0.25, 0.3) is 0 Å². The van der Waals surface area contributed by atoms with Crippen LogP contribution in [0.5, 0.6) is 5.75 Å². The molecule has 6 nitrogen and oxygen atoms in total. The minimum absolute atomic E-state index is 0.418. The van der Waals surface area contributed by atoms with Gasteiger partial charge in [0, 0.05) is 25.4 Å². The monoisotopic (exact) mass is 239 g/mol. The fourth-order valence-corrected chi connectivity index (χ4v) is 2.03. The van der Waals surface area contributed by atoms with Crippen molar-refractivity contribution in [2.75, 3.05) is 18.2 Å². The van der Waals surface area contributed by atoms with E-state index in [1.54, 1.807) is 11.8 Å². The second kappa shape index (κ2) is 4.40. The first-order valence-corrected chi connectivity index (χ1v) is 5.48. The van der Waals surface area contributed by atoms with Gasteiger partial charge in [0.25, 0.3) is 0 Å². The molecule has 2 rings (SSSR count). The zero-order chi connectivity index (χ0) is 11.5. The summed E-state index contributed by atoms with van der Waals surface area (Å²) < 4.78 is 10.9. The Bertz CT molecular complexity index is 478. The van der Waals surface area contributed by atoms with Crippen LogP contribution >= 0.6 is 11.5 Å². The normalized spacial score (nSPS) is 10.4. The van der Waals surface area contributed by atoms with Gasteiger partial charge in [-0.05, 0) is 11.5 Å². The standard InChI is InChI=1S/C9H13N5OS/c1-14-5-6(4-12-14)3-11-9-7(15-2)8(10)13-16-9/h4-5,11H,3H2,1-2H3,(H2,10,13). The molecule has 0 saturated carbocycles. The Morgan fingerprint density at radius 2 is 2.44 bits per heavy atom. The molecule has 16 heavy (non-hydrogen) atoms. The van der Waals surface area contributed by atoms with E-state index in [4.69, 9.17) is 10.5 Å². The molecule has 0 bridgehead atoms. The predicted octanol–water partition coefficient (Wildman–Crippen LogP) is 1.08. The van der Waals surface area contributed by atoms with Crippen LogP contribution in [0, 0.1) is 0 Å². The number of ether oxygens (including phenoxy) is 1. The number of nitrogen functional groups attached to an aromatic ring is 1. The fraction of sp³-hybridized carbons (Fsp3) is 0.333. The second-order valence-corrected chi connectivity index (χ2v) is 4.08. The summed E-state index contributed by atoms with van der Waals surface area (Å²) >= 11 is 1.29. The van der Waals surface area contributed by atoms with Crippen molar-refractivity contribution >= 4 is 22.4 Å². The van der Waals surface area contributed by atoms with Gasteiger partial charge in [-0.1, -0.05) is 0 Å². The summed E-state index contributed by atoms with van der Waals surface area (Å²) in [6, 6.07) is 0. The Kier molecular flexibility index (Phi) is 2.95. The molecule has 0 amide bonds. The van der Waals surface area contributed by atoms with Gasteiger partial charge in [0.05, 0.1) is 13.3 Å². The van der Waals surface area contributed by atoms with Crippen LogP contribution in [0.1, 0.15) is 5.56 Å². The number of hydrogen-bond donors (Lipinski definition) is 2. The van der Waals surface area contributed by atoms with Crippen molar-refractivity contribution in [2.24, 2.45) is 7.05 Å². The van der Waals surface area contributed by atoms with Gasteiger partial charge in [-0.25, -0.2) is 0 Å². The van der Waals surface area contributed by atoms with Crippen molar-refractivity contribution in [3.05, 3.63) is 18.0 Å². The predicted molar refractivity (Wildman–Crippen MR) is 63.6 cm³/mol. The number of aryl methyl sites for hydroxylation is 1. The maximum absolute atomic E-state index is 5.64. The van der Waals surface area contributed by atoms with E-state index in [0.717, 1.165) is 10.6 Å². The molecule has 86 valence electrons. The Morgan fingerprint density at radius 1 is 1.62 bits per heavy atom. The average molecular weight is 239 g/mol. The Balaban J connectivity index is 2.04. The summed E-state index contributed by atoms with van der Waals surface area (Å²) in [5.41, 5.74) is 6.74. The quantitative estimate of drug-likeness (QED) is 0.834. The van der Waals surface area contributed by atoms with Gasteiger partial charge in [0.15, 0.2) is 16.6 Å². The molecule has 0 aliphatic heterocycles. The second-order valence-electron chi connectivity index (χ2n) is 3.31. The smallest absolute Gasteiger partial charge is 0.197 e. The van der Waals surface area contributed by atoms with E-state index in [0.29, 0.717) is 18.1 Å². The zero-order valence-electron chi connectivity index (χ0n) is 9.10. The molecular weight excluding hydrogens is 226 g/mol. The van der Waals surface area contributed by atoms with Crippen molar-refractivity contribution in [3.63, 3.8) is 0 Å². The lowest BCUT2D eigenvalue weighted by molar-refractivity contribution is 0.419. The minimum atomic E-state index is 0.418. The third-order valence-electron chi connectivity index (χ3n) is 2.09. The van der Waals surface area contributed by atoms with Crippen molar-refractivity contribution in [1.82, 2.24) is 14.2 Å². The van der Waals surface area contributed by atoms with Crippen LogP contribution in [-0.2, 0) is 13.6 Å². The molecule has 0 spiro atoms. The van der Waals surface area contributed by atoms with Gasteiger partial charge < -0.3 is 15.8 Å². The number of hydrogen-bond acceptors (Lipinski definition) is 6. The molecule has 0 atom stereocenters. The van der Waals surface area contributed by atoms with E-state index < -0.39 is 0 Å². The lowest BCUT2D eigenvalue weighted by atomic mass is 10.3. The van der Waals surface area contributed by atoms with Crippen molar-refractivity contribution in [1.29, 1.82) is 0 Å². The van der Waals surface area contributed by atoms with Crippen LogP contribution in [0.2, 0.25) is 0 Å². The highest BCUT2D eigenvalue weighted by Crippen LogP contribution is 2.34. The number of methoxy groups -OCH3 is 1. The third kappa shape index (κ3) is 2.08. The highest BCUT2D eigenvalue weighted by Gasteiger charge is 2.11. The summed E-state index contributed by atoms with van der Waals surface area (Å²) in [5.74, 6) is 1.02. The molecule has 2 aromatic heterocycles. The minimum Gasteiger partial charge on any atom is -0.490 e. The SMILES string of the molecule is COc1c(N)nsc1NCc1cnn(C)c1. The van der Waals surface area contributed by atoms with Gasteiger partial charge in [-0.2, -0.15) is 9.47 Å². The molecule has 2 aromatic rings. The summed E-state index contributed by atoms with van der Waals surface area (Å²) in [4.78, 5) is 0. The van der Waals surface area contributed by atoms with Crippen LogP contribution in [-0.4, -0.2) is 21.3 Å². The van der Waals surface area contributed by atoms with E-state index in [-0.39, 0.29) is 0 Å². The maximum atomic E-state index is 5.64. The first kappa shape index (κ1) is 10.7. The molecule has 2 heterocycles. The summed E-state index contributed by atoms with van der Waals surface area (Å²) in [7, 11) is 3.46. The van der Waals surface area contributed by atoms with Crippen LogP contribution in [0.15, 0.2) is 12.4 Å². The number of nitrogens with zero attached hydrogens (tertiary/aromatic N) is 3. The van der Waals surface area contributed by atoms with E-state index in [1.807, 2.05) is 19.4 Å². The summed E-state index contributed by atoms with van der Waals surface area (Å²) in [6.07, 6.45) is 3.76. The Labute approximate surface area is 97.2 Å². The Morgan fingerprint density at radius 3 is 3.06 bits per heavy atom. The average Bonchev–Trinajstić information content (AvgIpc) is 2.82. The molecule has 0 aliphatic rings.